The van der Waals surface area contributed by atoms with E-state index in [1.807, 2.05) is 0 Å². The molecule has 0 amide bonds. The van der Waals surface area contributed by atoms with Gasteiger partial charge in [0.2, 0.25) is 0 Å². The first-order chi connectivity index (χ1) is 14.1. The molecule has 0 aliphatic heterocycles. The van der Waals surface area contributed by atoms with Crippen LogP contribution < -0.4 is 15.6 Å². The van der Waals surface area contributed by atoms with Crippen LogP contribution in [-0.4, -0.2) is 8.07 Å². The molecule has 144 valence electrons. The maximum absolute atomic E-state index is 4.21. The van der Waals surface area contributed by atoms with Gasteiger partial charge in [-0.15, -0.1) is 6.58 Å². The highest BCUT2D eigenvalue weighted by molar-refractivity contribution is 7.13. The molecule has 0 aliphatic carbocycles. The van der Waals surface area contributed by atoms with Gasteiger partial charge in [-0.25, -0.2) is 0 Å². The van der Waals surface area contributed by atoms with Gasteiger partial charge in [-0.05, 0) is 53.1 Å². The lowest BCUT2D eigenvalue weighted by atomic mass is 10.1. The molecule has 4 rings (SSSR count). The molecule has 0 N–H and O–H groups in total. The standard InChI is InChI=1S/C28H28Si/c1-5-18-29(25-14-7-6-8-15-25,28-22(3)19-21(2)20-23(28)4)27-17-11-13-24-12-9-10-16-26(24)27/h5-17,19-20H,1,18H2,2-4H3/t29-/m0/s1. The van der Waals surface area contributed by atoms with Crippen molar-refractivity contribution in [2.75, 3.05) is 0 Å². The number of aryl methyl sites for hydroxylation is 3. The van der Waals surface area contributed by atoms with Crippen molar-refractivity contribution in [2.24, 2.45) is 0 Å². The summed E-state index contributed by atoms with van der Waals surface area (Å²) < 4.78 is 0. The van der Waals surface area contributed by atoms with E-state index in [1.165, 1.54) is 43.0 Å². The summed E-state index contributed by atoms with van der Waals surface area (Å²) in [6.07, 6.45) is 2.14. The molecule has 0 unspecified atom stereocenters. The highest BCUT2D eigenvalue weighted by Crippen LogP contribution is 2.23. The smallest absolute Gasteiger partial charge is 0.103 e. The summed E-state index contributed by atoms with van der Waals surface area (Å²) in [5.41, 5.74) is 4.12. The van der Waals surface area contributed by atoms with Crippen LogP contribution in [0.5, 0.6) is 0 Å². The van der Waals surface area contributed by atoms with E-state index in [-0.39, 0.29) is 0 Å². The summed E-state index contributed by atoms with van der Waals surface area (Å²) in [6.45, 7) is 11.0. The van der Waals surface area contributed by atoms with Gasteiger partial charge in [-0.2, -0.15) is 0 Å². The van der Waals surface area contributed by atoms with Gasteiger partial charge in [-0.3, -0.25) is 0 Å². The van der Waals surface area contributed by atoms with Crippen LogP contribution in [0.25, 0.3) is 10.8 Å². The van der Waals surface area contributed by atoms with Gasteiger partial charge in [0, 0.05) is 0 Å². The summed E-state index contributed by atoms with van der Waals surface area (Å²) in [5, 5.41) is 7.14. The van der Waals surface area contributed by atoms with Gasteiger partial charge >= 0.3 is 0 Å². The van der Waals surface area contributed by atoms with Gasteiger partial charge in [0.15, 0.2) is 8.07 Å². The average molecular weight is 393 g/mol. The summed E-state index contributed by atoms with van der Waals surface area (Å²) in [6, 6.07) is 32.5. The summed E-state index contributed by atoms with van der Waals surface area (Å²) >= 11 is 0. The second kappa shape index (κ2) is 7.85. The Balaban J connectivity index is 2.20. The predicted molar refractivity (Wildman–Crippen MR) is 131 cm³/mol. The molecular weight excluding hydrogens is 364 g/mol. The van der Waals surface area contributed by atoms with Crippen molar-refractivity contribution in [2.45, 2.75) is 26.8 Å². The van der Waals surface area contributed by atoms with E-state index < -0.39 is 8.07 Å². The fourth-order valence-electron chi connectivity index (χ4n) is 5.15. The molecule has 1 atom stereocenters. The summed E-state index contributed by atoms with van der Waals surface area (Å²) in [7, 11) is -2.32. The van der Waals surface area contributed by atoms with Gasteiger partial charge < -0.3 is 0 Å². The molecule has 0 saturated heterocycles. The fraction of sp³-hybridized carbons (Fsp3) is 0.143. The number of hydrogen-bond donors (Lipinski definition) is 0. The first-order valence-corrected chi connectivity index (χ1v) is 12.5. The van der Waals surface area contributed by atoms with Crippen LogP contribution in [0.15, 0.2) is 97.6 Å². The third-order valence-corrected chi connectivity index (χ3v) is 11.3. The number of fused-ring (bicyclic) bond motifs is 1. The molecule has 0 heterocycles. The van der Waals surface area contributed by atoms with E-state index in [2.05, 4.69) is 118 Å². The van der Waals surface area contributed by atoms with Crippen molar-refractivity contribution in [3.8, 4) is 0 Å². The number of benzene rings is 4. The first-order valence-electron chi connectivity index (χ1n) is 10.3. The van der Waals surface area contributed by atoms with Crippen LogP contribution >= 0.6 is 0 Å². The molecule has 4 aromatic carbocycles. The van der Waals surface area contributed by atoms with Crippen LogP contribution in [0.3, 0.4) is 0 Å². The molecule has 4 aromatic rings. The van der Waals surface area contributed by atoms with Crippen LogP contribution in [0.4, 0.5) is 0 Å². The lowest BCUT2D eigenvalue weighted by Crippen LogP contribution is -2.68. The molecule has 0 aliphatic rings. The molecule has 0 bridgehead atoms. The Hall–Kier alpha value is -2.90. The van der Waals surface area contributed by atoms with E-state index >= 15 is 0 Å². The van der Waals surface area contributed by atoms with Crippen molar-refractivity contribution < 1.29 is 0 Å². The highest BCUT2D eigenvalue weighted by atomic mass is 28.3. The van der Waals surface area contributed by atoms with Crippen molar-refractivity contribution in [1.82, 2.24) is 0 Å². The maximum Gasteiger partial charge on any atom is 0.153 e. The van der Waals surface area contributed by atoms with Crippen molar-refractivity contribution in [1.29, 1.82) is 0 Å². The fourth-order valence-corrected chi connectivity index (χ4v) is 10.4. The Morgan fingerprint density at radius 3 is 2.07 bits per heavy atom. The Bertz CT molecular complexity index is 1150. The van der Waals surface area contributed by atoms with Gasteiger partial charge in [0.1, 0.15) is 0 Å². The van der Waals surface area contributed by atoms with E-state index in [9.17, 15) is 0 Å². The SMILES string of the molecule is C=CC[Si@@](c1ccccc1)(c1c(C)cc(C)cc1C)c1cccc2ccccc12. The Morgan fingerprint density at radius 1 is 0.759 bits per heavy atom. The number of rotatable bonds is 5. The summed E-state index contributed by atoms with van der Waals surface area (Å²) in [5.74, 6) is 0. The van der Waals surface area contributed by atoms with Crippen LogP contribution in [0.1, 0.15) is 16.7 Å². The van der Waals surface area contributed by atoms with Crippen molar-refractivity contribution in [3.63, 3.8) is 0 Å². The van der Waals surface area contributed by atoms with Gasteiger partial charge in [0.25, 0.3) is 0 Å². The van der Waals surface area contributed by atoms with E-state index in [1.54, 1.807) is 0 Å². The second-order valence-corrected chi connectivity index (χ2v) is 11.9. The lowest BCUT2D eigenvalue weighted by Gasteiger charge is -2.36. The quantitative estimate of drug-likeness (QED) is 0.242. The monoisotopic (exact) mass is 392 g/mol. The van der Waals surface area contributed by atoms with E-state index in [4.69, 9.17) is 0 Å². The Morgan fingerprint density at radius 2 is 1.38 bits per heavy atom. The normalized spacial score (nSPS) is 13.2. The summed E-state index contributed by atoms with van der Waals surface area (Å²) in [4.78, 5) is 0. The van der Waals surface area contributed by atoms with Crippen LogP contribution in [0.2, 0.25) is 6.04 Å². The highest BCUT2D eigenvalue weighted by Gasteiger charge is 2.41. The third-order valence-electron chi connectivity index (χ3n) is 6.07. The first kappa shape index (κ1) is 19.4. The van der Waals surface area contributed by atoms with Crippen molar-refractivity contribution in [3.05, 3.63) is 114 Å². The molecule has 0 radical (unpaired) electrons. The van der Waals surface area contributed by atoms with Crippen LogP contribution in [-0.2, 0) is 0 Å². The Labute approximate surface area is 175 Å². The zero-order chi connectivity index (χ0) is 20.4. The van der Waals surface area contributed by atoms with Gasteiger partial charge in [0.05, 0.1) is 0 Å². The zero-order valence-corrected chi connectivity index (χ0v) is 18.6. The number of allylic oxidation sites excluding steroid dienone is 1. The number of hydrogen-bond acceptors (Lipinski definition) is 0. The molecule has 29 heavy (non-hydrogen) atoms. The molecular formula is C28H28Si. The molecule has 0 fully saturated rings. The molecule has 0 spiro atoms. The van der Waals surface area contributed by atoms with E-state index in [0.717, 1.165) is 6.04 Å². The molecule has 0 aromatic heterocycles. The topological polar surface area (TPSA) is 0 Å². The largest absolute Gasteiger partial charge is 0.153 e. The van der Waals surface area contributed by atoms with Crippen LogP contribution in [0, 0.1) is 20.8 Å². The Kier molecular flexibility index (Phi) is 5.25. The second-order valence-electron chi connectivity index (χ2n) is 8.06. The van der Waals surface area contributed by atoms with Gasteiger partial charge in [-0.1, -0.05) is 108 Å². The average Bonchev–Trinajstić information content (AvgIpc) is 2.72. The zero-order valence-electron chi connectivity index (χ0n) is 17.6. The minimum absolute atomic E-state index is 0.982. The predicted octanol–water partition coefficient (Wildman–Crippen LogP) is 5.42. The minimum atomic E-state index is -2.32. The lowest BCUT2D eigenvalue weighted by molar-refractivity contribution is 1.34. The van der Waals surface area contributed by atoms with Crippen molar-refractivity contribution >= 4 is 34.4 Å². The molecule has 1 heteroatoms. The maximum atomic E-state index is 4.21. The minimum Gasteiger partial charge on any atom is -0.103 e. The third kappa shape index (κ3) is 3.26. The molecule has 0 saturated carbocycles. The molecule has 0 nitrogen and oxygen atoms in total. The van der Waals surface area contributed by atoms with E-state index in [0.29, 0.717) is 0 Å².